The van der Waals surface area contributed by atoms with E-state index in [0.717, 1.165) is 33.9 Å². The quantitative estimate of drug-likeness (QED) is 0.272. The summed E-state index contributed by atoms with van der Waals surface area (Å²) in [6, 6.07) is 12.7. The van der Waals surface area contributed by atoms with Crippen LogP contribution in [0.4, 0.5) is 5.69 Å². The zero-order chi connectivity index (χ0) is 21.4. The molecule has 0 fully saturated rings. The van der Waals surface area contributed by atoms with Gasteiger partial charge in [-0.2, -0.15) is 0 Å². The highest BCUT2D eigenvalue weighted by Gasteiger charge is 2.16. The van der Waals surface area contributed by atoms with E-state index in [4.69, 9.17) is 5.11 Å². The van der Waals surface area contributed by atoms with Gasteiger partial charge in [0.05, 0.1) is 10.7 Å². The third-order valence-electron chi connectivity index (χ3n) is 4.81. The molecule has 0 spiro atoms. The van der Waals surface area contributed by atoms with Crippen molar-refractivity contribution in [3.05, 3.63) is 58.3 Å². The van der Waals surface area contributed by atoms with Gasteiger partial charge in [0.25, 0.3) is 5.69 Å². The van der Waals surface area contributed by atoms with Crippen LogP contribution in [0, 0.1) is 17.0 Å². The van der Waals surface area contributed by atoms with Crippen molar-refractivity contribution in [1.29, 1.82) is 0 Å². The zero-order valence-electron chi connectivity index (χ0n) is 16.1. The summed E-state index contributed by atoms with van der Waals surface area (Å²) in [6.07, 6.45) is 0. The number of hydrogen-bond acceptors (Lipinski definition) is 6. The second kappa shape index (κ2) is 7.64. The number of nitro groups is 1. The fourth-order valence-electron chi connectivity index (χ4n) is 3.25. The van der Waals surface area contributed by atoms with Crippen molar-refractivity contribution in [3.8, 4) is 22.5 Å². The SMILES string of the molecule is Cc1cc2cc(-c3cc(-c4nc(SCC(=O)O)n[nH]4)cc([N+](=O)[O-])c3)ccc2n1C. The lowest BCUT2D eigenvalue weighted by molar-refractivity contribution is -0.384. The number of thioether (sulfide) groups is 1. The summed E-state index contributed by atoms with van der Waals surface area (Å²) < 4.78 is 2.09. The molecule has 2 aromatic carbocycles. The third-order valence-corrected chi connectivity index (χ3v) is 5.64. The molecule has 2 N–H and O–H groups in total. The van der Waals surface area contributed by atoms with Crippen molar-refractivity contribution in [2.45, 2.75) is 12.1 Å². The number of nitrogens with zero attached hydrogens (tertiary/aromatic N) is 4. The molecule has 0 aliphatic carbocycles. The van der Waals surface area contributed by atoms with Crippen molar-refractivity contribution in [2.75, 3.05) is 5.75 Å². The number of aromatic amines is 1. The highest BCUT2D eigenvalue weighted by Crippen LogP contribution is 2.32. The number of non-ortho nitro benzene ring substituents is 1. The number of carbonyl (C=O) groups is 1. The molecule has 152 valence electrons. The predicted molar refractivity (Wildman–Crippen MR) is 113 cm³/mol. The van der Waals surface area contributed by atoms with Gasteiger partial charge in [-0.3, -0.25) is 20.0 Å². The number of aromatic nitrogens is 4. The van der Waals surface area contributed by atoms with Crippen molar-refractivity contribution >= 4 is 34.3 Å². The van der Waals surface area contributed by atoms with Crippen LogP contribution in [0.3, 0.4) is 0 Å². The zero-order valence-corrected chi connectivity index (χ0v) is 16.9. The average Bonchev–Trinajstić information content (AvgIpc) is 3.30. The van der Waals surface area contributed by atoms with Gasteiger partial charge in [-0.15, -0.1) is 5.10 Å². The molecule has 0 unspecified atom stereocenters. The smallest absolute Gasteiger partial charge is 0.313 e. The Morgan fingerprint density at radius 1 is 1.20 bits per heavy atom. The molecule has 0 amide bonds. The van der Waals surface area contributed by atoms with Crippen molar-refractivity contribution in [1.82, 2.24) is 19.7 Å². The van der Waals surface area contributed by atoms with Gasteiger partial charge >= 0.3 is 5.97 Å². The molecule has 9 nitrogen and oxygen atoms in total. The number of carboxylic acid groups (broad SMARTS) is 1. The van der Waals surface area contributed by atoms with Crippen LogP contribution >= 0.6 is 11.8 Å². The first-order valence-electron chi connectivity index (χ1n) is 8.95. The van der Waals surface area contributed by atoms with E-state index in [1.54, 1.807) is 6.07 Å². The van der Waals surface area contributed by atoms with E-state index in [-0.39, 0.29) is 16.6 Å². The summed E-state index contributed by atoms with van der Waals surface area (Å²) in [5.41, 5.74) is 4.16. The van der Waals surface area contributed by atoms with E-state index in [9.17, 15) is 14.9 Å². The molecular formula is C20H17N5O4S. The monoisotopic (exact) mass is 423 g/mol. The van der Waals surface area contributed by atoms with Crippen LogP contribution in [0.1, 0.15) is 5.69 Å². The fourth-order valence-corrected chi connectivity index (χ4v) is 3.77. The normalized spacial score (nSPS) is 11.1. The van der Waals surface area contributed by atoms with Crippen LogP contribution in [0.2, 0.25) is 0 Å². The molecule has 0 saturated carbocycles. The van der Waals surface area contributed by atoms with Crippen LogP contribution in [0.5, 0.6) is 0 Å². The highest BCUT2D eigenvalue weighted by atomic mass is 32.2. The summed E-state index contributed by atoms with van der Waals surface area (Å²) in [6.45, 7) is 2.02. The maximum absolute atomic E-state index is 11.5. The minimum Gasteiger partial charge on any atom is -0.481 e. The summed E-state index contributed by atoms with van der Waals surface area (Å²) in [4.78, 5) is 26.0. The third kappa shape index (κ3) is 3.77. The number of rotatable bonds is 6. The Morgan fingerprint density at radius 3 is 2.70 bits per heavy atom. The number of H-pyrrole nitrogens is 1. The minimum atomic E-state index is -0.976. The summed E-state index contributed by atoms with van der Waals surface area (Å²) >= 11 is 0.971. The molecule has 0 bridgehead atoms. The lowest BCUT2D eigenvalue weighted by Crippen LogP contribution is -1.97. The van der Waals surface area contributed by atoms with Crippen LogP contribution in [0.25, 0.3) is 33.4 Å². The maximum atomic E-state index is 11.5. The van der Waals surface area contributed by atoms with Gasteiger partial charge < -0.3 is 9.67 Å². The van der Waals surface area contributed by atoms with Crippen molar-refractivity contribution in [3.63, 3.8) is 0 Å². The Bertz CT molecular complexity index is 1290. The highest BCUT2D eigenvalue weighted by molar-refractivity contribution is 7.99. The summed E-state index contributed by atoms with van der Waals surface area (Å²) in [5.74, 6) is -0.812. The Hall–Kier alpha value is -3.66. The van der Waals surface area contributed by atoms with Gasteiger partial charge in [-0.25, -0.2) is 4.98 Å². The van der Waals surface area contributed by atoms with Gasteiger partial charge in [-0.1, -0.05) is 17.8 Å². The first kappa shape index (κ1) is 19.6. The Kier molecular flexibility index (Phi) is 5.00. The number of carboxylic acids is 1. The molecule has 0 atom stereocenters. The standard InChI is InChI=1S/C20H17N5O4S/c1-11-5-14-6-12(3-4-17(14)24(11)2)13-7-15(9-16(8-13)25(28)29)19-21-20(23-22-19)30-10-18(26)27/h3-9H,10H2,1-2H3,(H,26,27)(H,21,22,23). The second-order valence-electron chi connectivity index (χ2n) is 6.79. The fraction of sp³-hybridized carbons (Fsp3) is 0.150. The van der Waals surface area contributed by atoms with Crippen LogP contribution < -0.4 is 0 Å². The molecule has 4 rings (SSSR count). The van der Waals surface area contributed by atoms with E-state index >= 15 is 0 Å². The first-order chi connectivity index (χ1) is 14.3. The second-order valence-corrected chi connectivity index (χ2v) is 7.74. The topological polar surface area (TPSA) is 127 Å². The maximum Gasteiger partial charge on any atom is 0.313 e. The van der Waals surface area contributed by atoms with Crippen molar-refractivity contribution < 1.29 is 14.8 Å². The van der Waals surface area contributed by atoms with Gasteiger partial charge in [0.15, 0.2) is 5.82 Å². The van der Waals surface area contributed by atoms with E-state index < -0.39 is 10.9 Å². The molecule has 2 heterocycles. The molecule has 10 heteroatoms. The van der Waals surface area contributed by atoms with Crippen LogP contribution in [-0.2, 0) is 11.8 Å². The van der Waals surface area contributed by atoms with Crippen LogP contribution in [0.15, 0.2) is 47.6 Å². The van der Waals surface area contributed by atoms with Crippen LogP contribution in [-0.4, -0.2) is 41.5 Å². The van der Waals surface area contributed by atoms with E-state index in [2.05, 4.69) is 25.8 Å². The Balaban J connectivity index is 1.77. The average molecular weight is 423 g/mol. The number of nitro benzene ring substituents is 1. The molecule has 4 aromatic rings. The first-order valence-corrected chi connectivity index (χ1v) is 9.93. The lowest BCUT2D eigenvalue weighted by Gasteiger charge is -2.06. The van der Waals surface area contributed by atoms with Gasteiger partial charge in [0.2, 0.25) is 5.16 Å². The van der Waals surface area contributed by atoms with Gasteiger partial charge in [0, 0.05) is 41.3 Å². The Morgan fingerprint density at radius 2 is 1.97 bits per heavy atom. The number of fused-ring (bicyclic) bond motifs is 1. The number of nitrogens with one attached hydrogen (secondary N) is 1. The van der Waals surface area contributed by atoms with E-state index in [1.165, 1.54) is 12.1 Å². The number of aliphatic carboxylic acids is 1. The minimum absolute atomic E-state index is 0.0667. The molecule has 0 aliphatic heterocycles. The van der Waals surface area contributed by atoms with Gasteiger partial charge in [0.1, 0.15) is 0 Å². The largest absolute Gasteiger partial charge is 0.481 e. The lowest BCUT2D eigenvalue weighted by atomic mass is 10.0. The molecule has 2 aromatic heterocycles. The van der Waals surface area contributed by atoms with E-state index in [0.29, 0.717) is 17.0 Å². The molecular weight excluding hydrogens is 406 g/mol. The predicted octanol–water partition coefficient (Wildman–Crippen LogP) is 4.02. The summed E-state index contributed by atoms with van der Waals surface area (Å²) in [7, 11) is 1.99. The van der Waals surface area contributed by atoms with Gasteiger partial charge in [-0.05, 0) is 42.3 Å². The molecule has 30 heavy (non-hydrogen) atoms. The summed E-state index contributed by atoms with van der Waals surface area (Å²) in [5, 5.41) is 28.3. The molecule has 0 saturated heterocycles. The molecule has 0 aliphatic rings. The number of hydrogen-bond donors (Lipinski definition) is 2. The van der Waals surface area contributed by atoms with Crippen molar-refractivity contribution in [2.24, 2.45) is 7.05 Å². The number of aryl methyl sites for hydroxylation is 2. The number of benzene rings is 2. The molecule has 0 radical (unpaired) electrons. The van der Waals surface area contributed by atoms with E-state index in [1.807, 2.05) is 32.2 Å². The Labute approximate surface area is 174 Å².